The predicted molar refractivity (Wildman–Crippen MR) is 75.7 cm³/mol. The van der Waals surface area contributed by atoms with Crippen molar-refractivity contribution in [2.75, 3.05) is 14.2 Å². The Morgan fingerprint density at radius 3 is 2.50 bits per heavy atom. The molecule has 0 spiro atoms. The zero-order chi connectivity index (χ0) is 13.5. The molecule has 0 unspecified atom stereocenters. The Labute approximate surface area is 117 Å². The Balaban J connectivity index is 2.94. The molecule has 0 aliphatic rings. The van der Waals surface area contributed by atoms with Gasteiger partial charge in [-0.1, -0.05) is 19.8 Å². The molecule has 18 heavy (non-hydrogen) atoms. The molecular weight excluding hydrogens is 296 g/mol. The number of hydrogen-bond acceptors (Lipinski definition) is 3. The van der Waals surface area contributed by atoms with Gasteiger partial charge in [0, 0.05) is 6.42 Å². The van der Waals surface area contributed by atoms with Crippen LogP contribution in [-0.4, -0.2) is 20.0 Å². The van der Waals surface area contributed by atoms with Gasteiger partial charge in [0.15, 0.2) is 5.78 Å². The summed E-state index contributed by atoms with van der Waals surface area (Å²) in [7, 11) is 3.14. The van der Waals surface area contributed by atoms with Crippen LogP contribution in [0.25, 0.3) is 0 Å². The summed E-state index contributed by atoms with van der Waals surface area (Å²) in [4.78, 5) is 12.1. The number of benzene rings is 1. The third-order valence-corrected chi connectivity index (χ3v) is 3.54. The highest BCUT2D eigenvalue weighted by Gasteiger charge is 2.17. The highest BCUT2D eigenvalue weighted by molar-refractivity contribution is 9.10. The van der Waals surface area contributed by atoms with E-state index in [1.165, 1.54) is 0 Å². The summed E-state index contributed by atoms with van der Waals surface area (Å²) in [5, 5.41) is 0. The summed E-state index contributed by atoms with van der Waals surface area (Å²) in [5.41, 5.74) is 0.612. The van der Waals surface area contributed by atoms with Crippen LogP contribution in [0.3, 0.4) is 0 Å². The fourth-order valence-electron chi connectivity index (χ4n) is 1.79. The first-order valence-electron chi connectivity index (χ1n) is 6.09. The number of methoxy groups -OCH3 is 2. The van der Waals surface area contributed by atoms with Gasteiger partial charge in [-0.25, -0.2) is 0 Å². The van der Waals surface area contributed by atoms with Crippen molar-refractivity contribution in [2.24, 2.45) is 0 Å². The molecular formula is C14H19BrO3. The second-order valence-electron chi connectivity index (χ2n) is 4.04. The molecule has 0 aliphatic carbocycles. The van der Waals surface area contributed by atoms with Crippen LogP contribution < -0.4 is 9.47 Å². The molecule has 0 radical (unpaired) electrons. The Hall–Kier alpha value is -1.03. The number of hydrogen-bond donors (Lipinski definition) is 0. The zero-order valence-corrected chi connectivity index (χ0v) is 12.7. The van der Waals surface area contributed by atoms with Crippen LogP contribution in [0.5, 0.6) is 11.5 Å². The summed E-state index contributed by atoms with van der Waals surface area (Å²) in [6, 6.07) is 3.54. The summed E-state index contributed by atoms with van der Waals surface area (Å²) in [6.45, 7) is 2.12. The van der Waals surface area contributed by atoms with Crippen LogP contribution in [-0.2, 0) is 0 Å². The molecule has 0 aliphatic heterocycles. The second-order valence-corrected chi connectivity index (χ2v) is 4.84. The third kappa shape index (κ3) is 3.48. The lowest BCUT2D eigenvalue weighted by molar-refractivity contribution is 0.0976. The van der Waals surface area contributed by atoms with Gasteiger partial charge in [-0.2, -0.15) is 0 Å². The van der Waals surface area contributed by atoms with E-state index in [9.17, 15) is 4.79 Å². The van der Waals surface area contributed by atoms with Gasteiger partial charge >= 0.3 is 0 Å². The molecule has 0 fully saturated rings. The summed E-state index contributed by atoms with van der Waals surface area (Å²) >= 11 is 3.40. The van der Waals surface area contributed by atoms with Gasteiger partial charge in [0.05, 0.1) is 19.8 Å². The van der Waals surface area contributed by atoms with Crippen molar-refractivity contribution in [2.45, 2.75) is 32.6 Å². The lowest BCUT2D eigenvalue weighted by Crippen LogP contribution is -2.03. The van der Waals surface area contributed by atoms with E-state index < -0.39 is 0 Å². The Morgan fingerprint density at radius 2 is 1.94 bits per heavy atom. The van der Waals surface area contributed by atoms with E-state index in [1.807, 2.05) is 0 Å². The predicted octanol–water partition coefficient (Wildman–Crippen LogP) is 4.23. The van der Waals surface area contributed by atoms with Crippen molar-refractivity contribution >= 4 is 21.7 Å². The summed E-state index contributed by atoms with van der Waals surface area (Å²) < 4.78 is 11.2. The number of ketones is 1. The maximum absolute atomic E-state index is 12.1. The minimum atomic E-state index is 0.114. The average Bonchev–Trinajstić information content (AvgIpc) is 2.38. The minimum Gasteiger partial charge on any atom is -0.495 e. The summed E-state index contributed by atoms with van der Waals surface area (Å²) in [5.74, 6) is 1.33. The lowest BCUT2D eigenvalue weighted by atomic mass is 10.0. The van der Waals surface area contributed by atoms with E-state index in [2.05, 4.69) is 22.9 Å². The monoisotopic (exact) mass is 314 g/mol. The first-order chi connectivity index (χ1) is 8.65. The lowest BCUT2D eigenvalue weighted by Gasteiger charge is -2.12. The van der Waals surface area contributed by atoms with E-state index in [0.717, 1.165) is 19.3 Å². The van der Waals surface area contributed by atoms with Gasteiger partial charge in [0.2, 0.25) is 0 Å². The molecule has 0 saturated carbocycles. The minimum absolute atomic E-state index is 0.114. The Morgan fingerprint density at radius 1 is 1.22 bits per heavy atom. The summed E-state index contributed by atoms with van der Waals surface area (Å²) in [6.07, 6.45) is 3.66. The first-order valence-corrected chi connectivity index (χ1v) is 6.88. The number of Topliss-reactive ketones (excluding diaryl/α,β-unsaturated/α-hetero) is 1. The van der Waals surface area contributed by atoms with E-state index in [0.29, 0.717) is 28.0 Å². The SMILES string of the molecule is CCCCCC(=O)c1ccc(OC)c(Br)c1OC. The van der Waals surface area contributed by atoms with Gasteiger partial charge in [-0.05, 0) is 34.5 Å². The molecule has 0 amide bonds. The van der Waals surface area contributed by atoms with Crippen LogP contribution in [0, 0.1) is 0 Å². The van der Waals surface area contributed by atoms with Crippen molar-refractivity contribution in [1.82, 2.24) is 0 Å². The molecule has 0 bridgehead atoms. The van der Waals surface area contributed by atoms with Gasteiger partial charge in [0.25, 0.3) is 0 Å². The van der Waals surface area contributed by atoms with E-state index in [-0.39, 0.29) is 5.78 Å². The maximum Gasteiger partial charge on any atom is 0.166 e. The highest BCUT2D eigenvalue weighted by atomic mass is 79.9. The van der Waals surface area contributed by atoms with Crippen LogP contribution in [0.2, 0.25) is 0 Å². The van der Waals surface area contributed by atoms with Crippen LogP contribution in [0.4, 0.5) is 0 Å². The average molecular weight is 315 g/mol. The molecule has 0 aromatic heterocycles. The van der Waals surface area contributed by atoms with Gasteiger partial charge in [-0.3, -0.25) is 4.79 Å². The topological polar surface area (TPSA) is 35.5 Å². The van der Waals surface area contributed by atoms with Crippen molar-refractivity contribution < 1.29 is 14.3 Å². The molecule has 4 heteroatoms. The molecule has 1 aromatic carbocycles. The van der Waals surface area contributed by atoms with Crippen LogP contribution in [0.1, 0.15) is 43.0 Å². The maximum atomic E-state index is 12.1. The number of rotatable bonds is 7. The van der Waals surface area contributed by atoms with Crippen molar-refractivity contribution in [3.8, 4) is 11.5 Å². The second kappa shape index (κ2) is 7.41. The highest BCUT2D eigenvalue weighted by Crippen LogP contribution is 2.37. The largest absolute Gasteiger partial charge is 0.495 e. The third-order valence-electron chi connectivity index (χ3n) is 2.79. The smallest absolute Gasteiger partial charge is 0.166 e. The number of halogens is 1. The number of ether oxygens (including phenoxy) is 2. The van der Waals surface area contributed by atoms with Gasteiger partial charge in [-0.15, -0.1) is 0 Å². The molecule has 0 heterocycles. The molecule has 0 N–H and O–H groups in total. The van der Waals surface area contributed by atoms with Crippen molar-refractivity contribution in [3.63, 3.8) is 0 Å². The number of carbonyl (C=O) groups is 1. The zero-order valence-electron chi connectivity index (χ0n) is 11.1. The van der Waals surface area contributed by atoms with E-state index >= 15 is 0 Å². The van der Waals surface area contributed by atoms with Crippen molar-refractivity contribution in [3.05, 3.63) is 22.2 Å². The van der Waals surface area contributed by atoms with Crippen LogP contribution in [0.15, 0.2) is 16.6 Å². The first kappa shape index (κ1) is 15.0. The molecule has 0 atom stereocenters. The van der Waals surface area contributed by atoms with Gasteiger partial charge in [0.1, 0.15) is 16.0 Å². The quantitative estimate of drug-likeness (QED) is 0.558. The Kier molecular flexibility index (Phi) is 6.19. The van der Waals surface area contributed by atoms with Gasteiger partial charge < -0.3 is 9.47 Å². The Bertz CT molecular complexity index is 416. The molecule has 3 nitrogen and oxygen atoms in total. The molecule has 100 valence electrons. The number of unbranched alkanes of at least 4 members (excludes halogenated alkanes) is 2. The van der Waals surface area contributed by atoms with E-state index in [4.69, 9.17) is 9.47 Å². The molecule has 1 aromatic rings. The number of carbonyl (C=O) groups excluding carboxylic acids is 1. The fraction of sp³-hybridized carbons (Fsp3) is 0.500. The fourth-order valence-corrected chi connectivity index (χ4v) is 2.45. The van der Waals surface area contributed by atoms with Crippen molar-refractivity contribution in [1.29, 1.82) is 0 Å². The normalized spacial score (nSPS) is 10.2. The molecule has 0 saturated heterocycles. The van der Waals surface area contributed by atoms with E-state index in [1.54, 1.807) is 26.4 Å². The standard InChI is InChI=1S/C14H19BrO3/c1-4-5-6-7-11(16)10-8-9-12(17-2)13(15)14(10)18-3/h8-9H,4-7H2,1-3H3. The molecule has 1 rings (SSSR count). The van der Waals surface area contributed by atoms with Crippen LogP contribution >= 0.6 is 15.9 Å².